The maximum atomic E-state index is 12.5. The molecular formula is C25H30N6O3. The Labute approximate surface area is 198 Å². The normalized spacial score (nSPS) is 17.2. The second-order valence-corrected chi connectivity index (χ2v) is 8.67. The quantitative estimate of drug-likeness (QED) is 0.551. The van der Waals surface area contributed by atoms with Crippen LogP contribution in [0.5, 0.6) is 0 Å². The van der Waals surface area contributed by atoms with Gasteiger partial charge in [-0.15, -0.1) is 0 Å². The van der Waals surface area contributed by atoms with Crippen molar-refractivity contribution in [1.82, 2.24) is 19.6 Å². The molecule has 1 aromatic carbocycles. The van der Waals surface area contributed by atoms with Crippen LogP contribution in [0.4, 0.5) is 11.5 Å². The fraction of sp³-hybridized carbons (Fsp3) is 0.400. The second-order valence-electron chi connectivity index (χ2n) is 8.67. The Hall–Kier alpha value is -3.59. The van der Waals surface area contributed by atoms with E-state index in [0.717, 1.165) is 38.5 Å². The van der Waals surface area contributed by atoms with Crippen molar-refractivity contribution in [3.8, 4) is 0 Å². The third kappa shape index (κ3) is 4.99. The van der Waals surface area contributed by atoms with Gasteiger partial charge in [0.2, 0.25) is 0 Å². The van der Waals surface area contributed by atoms with Crippen LogP contribution in [0, 0.1) is 0 Å². The van der Waals surface area contributed by atoms with Crippen LogP contribution in [0.25, 0.3) is 0 Å². The van der Waals surface area contributed by atoms with E-state index in [4.69, 9.17) is 4.42 Å². The summed E-state index contributed by atoms with van der Waals surface area (Å²) in [5.41, 5.74) is 1.18. The van der Waals surface area contributed by atoms with Gasteiger partial charge in [-0.25, -0.2) is 4.68 Å². The molecule has 2 aliphatic rings. The summed E-state index contributed by atoms with van der Waals surface area (Å²) in [7, 11) is 0. The summed E-state index contributed by atoms with van der Waals surface area (Å²) in [5, 5.41) is 4.63. The Morgan fingerprint density at radius 2 is 1.53 bits per heavy atom. The van der Waals surface area contributed by atoms with Gasteiger partial charge in [-0.2, -0.15) is 5.10 Å². The number of aromatic nitrogens is 2. The highest BCUT2D eigenvalue weighted by atomic mass is 16.3. The first kappa shape index (κ1) is 22.2. The SMILES string of the molecule is O=C(c1ccco1)N1CCN(c2ccc(=O)n(CCN3CCN(c4ccccc4)CC3)n2)CC1. The number of nitrogens with zero attached hydrogens (tertiary/aromatic N) is 6. The van der Waals surface area contributed by atoms with Crippen molar-refractivity contribution < 1.29 is 9.21 Å². The summed E-state index contributed by atoms with van der Waals surface area (Å²) < 4.78 is 6.80. The topological polar surface area (TPSA) is 78.1 Å². The molecule has 0 atom stereocenters. The van der Waals surface area contributed by atoms with E-state index in [2.05, 4.69) is 44.1 Å². The smallest absolute Gasteiger partial charge is 0.289 e. The van der Waals surface area contributed by atoms with Crippen molar-refractivity contribution >= 4 is 17.4 Å². The summed E-state index contributed by atoms with van der Waals surface area (Å²) in [6, 6.07) is 17.3. The highest BCUT2D eigenvalue weighted by Gasteiger charge is 2.25. The van der Waals surface area contributed by atoms with Crippen LogP contribution in [-0.2, 0) is 6.54 Å². The number of piperazine rings is 2. The molecule has 9 heteroatoms. The first-order valence-corrected chi connectivity index (χ1v) is 11.9. The lowest BCUT2D eigenvalue weighted by molar-refractivity contribution is 0.0714. The molecule has 2 saturated heterocycles. The van der Waals surface area contributed by atoms with Crippen LogP contribution in [0.3, 0.4) is 0 Å². The highest BCUT2D eigenvalue weighted by Crippen LogP contribution is 2.16. The summed E-state index contributed by atoms with van der Waals surface area (Å²) in [6.07, 6.45) is 1.51. The van der Waals surface area contributed by atoms with Gasteiger partial charge in [0.05, 0.1) is 12.8 Å². The van der Waals surface area contributed by atoms with Crippen LogP contribution < -0.4 is 15.4 Å². The van der Waals surface area contributed by atoms with Crippen molar-refractivity contribution in [2.45, 2.75) is 6.54 Å². The van der Waals surface area contributed by atoms with E-state index in [1.54, 1.807) is 33.8 Å². The minimum absolute atomic E-state index is 0.0849. The van der Waals surface area contributed by atoms with Gasteiger partial charge in [-0.05, 0) is 30.3 Å². The minimum atomic E-state index is -0.0880. The molecule has 3 aromatic rings. The predicted octanol–water partition coefficient (Wildman–Crippen LogP) is 1.62. The Bertz CT molecular complexity index is 1130. The molecular weight excluding hydrogens is 432 g/mol. The average molecular weight is 463 g/mol. The summed E-state index contributed by atoms with van der Waals surface area (Å²) in [4.78, 5) is 33.6. The number of anilines is 2. The summed E-state index contributed by atoms with van der Waals surface area (Å²) in [6.45, 7) is 7.76. The van der Waals surface area contributed by atoms with Crippen LogP contribution in [0.1, 0.15) is 10.6 Å². The van der Waals surface area contributed by atoms with Crippen molar-refractivity contribution in [3.05, 3.63) is 77.0 Å². The fourth-order valence-corrected chi connectivity index (χ4v) is 4.57. The number of benzene rings is 1. The van der Waals surface area contributed by atoms with E-state index in [-0.39, 0.29) is 11.5 Å². The molecule has 0 bridgehead atoms. The molecule has 1 amide bonds. The molecule has 4 heterocycles. The third-order valence-corrected chi connectivity index (χ3v) is 6.60. The Morgan fingerprint density at radius 1 is 0.794 bits per heavy atom. The molecule has 0 N–H and O–H groups in total. The van der Waals surface area contributed by atoms with Gasteiger partial charge in [-0.3, -0.25) is 14.5 Å². The molecule has 5 rings (SSSR count). The average Bonchev–Trinajstić information content (AvgIpc) is 3.44. The summed E-state index contributed by atoms with van der Waals surface area (Å²) in [5.74, 6) is 1.05. The van der Waals surface area contributed by atoms with Crippen LogP contribution in [0.15, 0.2) is 70.1 Å². The Balaban J connectivity index is 1.13. The van der Waals surface area contributed by atoms with Crippen molar-refractivity contribution in [3.63, 3.8) is 0 Å². The number of para-hydroxylation sites is 1. The van der Waals surface area contributed by atoms with Gasteiger partial charge in [0, 0.05) is 70.7 Å². The zero-order valence-electron chi connectivity index (χ0n) is 19.3. The number of amides is 1. The molecule has 2 aliphatic heterocycles. The number of carbonyl (C=O) groups excluding carboxylic acids is 1. The minimum Gasteiger partial charge on any atom is -0.459 e. The molecule has 0 spiro atoms. The van der Waals surface area contributed by atoms with E-state index in [1.165, 1.54) is 12.0 Å². The molecule has 0 saturated carbocycles. The number of hydrogen-bond donors (Lipinski definition) is 0. The number of carbonyl (C=O) groups is 1. The van der Waals surface area contributed by atoms with Crippen molar-refractivity contribution in [2.75, 3.05) is 68.7 Å². The van der Waals surface area contributed by atoms with Crippen LogP contribution in [0.2, 0.25) is 0 Å². The van der Waals surface area contributed by atoms with Crippen molar-refractivity contribution in [1.29, 1.82) is 0 Å². The third-order valence-electron chi connectivity index (χ3n) is 6.60. The Kier molecular flexibility index (Phi) is 6.62. The lowest BCUT2D eigenvalue weighted by atomic mass is 10.2. The number of hydrogen-bond acceptors (Lipinski definition) is 7. The van der Waals surface area contributed by atoms with Gasteiger partial charge in [-0.1, -0.05) is 18.2 Å². The van der Waals surface area contributed by atoms with E-state index < -0.39 is 0 Å². The molecule has 9 nitrogen and oxygen atoms in total. The predicted molar refractivity (Wildman–Crippen MR) is 130 cm³/mol. The van der Waals surface area contributed by atoms with Crippen LogP contribution >= 0.6 is 0 Å². The molecule has 34 heavy (non-hydrogen) atoms. The van der Waals surface area contributed by atoms with E-state index >= 15 is 0 Å². The second kappa shape index (κ2) is 10.1. The lowest BCUT2D eigenvalue weighted by Gasteiger charge is -2.36. The first-order chi connectivity index (χ1) is 16.7. The molecule has 0 radical (unpaired) electrons. The maximum Gasteiger partial charge on any atom is 0.289 e. The Morgan fingerprint density at radius 3 is 2.24 bits per heavy atom. The van der Waals surface area contributed by atoms with Gasteiger partial charge < -0.3 is 19.1 Å². The van der Waals surface area contributed by atoms with E-state index in [1.807, 2.05) is 6.07 Å². The zero-order valence-corrected chi connectivity index (χ0v) is 19.3. The maximum absolute atomic E-state index is 12.5. The molecule has 0 unspecified atom stereocenters. The zero-order chi connectivity index (χ0) is 23.3. The van der Waals surface area contributed by atoms with Gasteiger partial charge in [0.25, 0.3) is 11.5 Å². The standard InChI is InChI=1S/C25H30N6O3/c32-24-9-8-23(29-15-17-30(18-16-29)25(33)22-7-4-20-34-22)26-31(24)19-12-27-10-13-28(14-11-27)21-5-2-1-3-6-21/h1-9,20H,10-19H2. The number of furan rings is 1. The molecule has 0 aliphatic carbocycles. The number of rotatable bonds is 6. The van der Waals surface area contributed by atoms with Gasteiger partial charge in [0.15, 0.2) is 5.76 Å². The van der Waals surface area contributed by atoms with Gasteiger partial charge in [0.1, 0.15) is 5.82 Å². The van der Waals surface area contributed by atoms with Gasteiger partial charge >= 0.3 is 0 Å². The molecule has 2 aromatic heterocycles. The lowest BCUT2D eigenvalue weighted by Crippen LogP contribution is -2.49. The first-order valence-electron chi connectivity index (χ1n) is 11.9. The van der Waals surface area contributed by atoms with Crippen molar-refractivity contribution in [2.24, 2.45) is 0 Å². The summed E-state index contributed by atoms with van der Waals surface area (Å²) >= 11 is 0. The monoisotopic (exact) mass is 462 g/mol. The largest absolute Gasteiger partial charge is 0.459 e. The molecule has 2 fully saturated rings. The highest BCUT2D eigenvalue weighted by molar-refractivity contribution is 5.91. The van der Waals surface area contributed by atoms with E-state index in [9.17, 15) is 9.59 Å². The molecule has 178 valence electrons. The van der Waals surface area contributed by atoms with Crippen LogP contribution in [-0.4, -0.2) is 84.4 Å². The van der Waals surface area contributed by atoms with E-state index in [0.29, 0.717) is 38.5 Å². The fourth-order valence-electron chi connectivity index (χ4n) is 4.57.